The summed E-state index contributed by atoms with van der Waals surface area (Å²) in [5, 5.41) is 13.0. The number of anilines is 1. The molecule has 9 heteroatoms. The van der Waals surface area contributed by atoms with E-state index in [1.807, 2.05) is 4.90 Å². The number of nitrogens with zero attached hydrogens (tertiary/aromatic N) is 2. The standard InChI is InChI=1S/C21H24FN3O4.K.H/c1-29-20-17-13(19(26)14(21(27)28)9-25(17)12-4-5-12)7-15(22)18(20)24-8-11-3-2-6-23-16(11)10-24;;/h7,9,11-12,16,23H,2-6,8,10H2,1H3,(H,27,28);;/t11-,16+;;/m0../s1. The minimum atomic E-state index is -1.30. The Bertz CT molecular complexity index is 1050. The van der Waals surface area contributed by atoms with Crippen molar-refractivity contribution in [2.75, 3.05) is 31.6 Å². The summed E-state index contributed by atoms with van der Waals surface area (Å²) < 4.78 is 22.8. The van der Waals surface area contributed by atoms with E-state index >= 15 is 4.39 Å². The summed E-state index contributed by atoms with van der Waals surface area (Å²) in [6.45, 7) is 2.40. The average Bonchev–Trinajstić information content (AvgIpc) is 3.45. The fourth-order valence-electron chi connectivity index (χ4n) is 4.95. The van der Waals surface area contributed by atoms with Gasteiger partial charge in [-0.2, -0.15) is 0 Å². The van der Waals surface area contributed by atoms with Crippen LogP contribution in [0.3, 0.4) is 0 Å². The van der Waals surface area contributed by atoms with Crippen LogP contribution in [0.5, 0.6) is 5.75 Å². The number of aromatic nitrogens is 1. The van der Waals surface area contributed by atoms with Gasteiger partial charge in [0.1, 0.15) is 11.3 Å². The molecule has 1 aliphatic carbocycles. The number of hydrogen-bond acceptors (Lipinski definition) is 5. The SMILES string of the molecule is COc1c(N2C[C@@H]3CCCN[C@@H]3C2)c(F)cc2c(=O)c(C(=O)O)cn(C3CC3)c12.[KH]. The number of nitrogens with one attached hydrogen (secondary N) is 1. The monoisotopic (exact) mass is 441 g/mol. The Hall–Kier alpha value is -0.974. The van der Waals surface area contributed by atoms with E-state index in [0.717, 1.165) is 38.8 Å². The summed E-state index contributed by atoms with van der Waals surface area (Å²) in [6, 6.07) is 1.62. The van der Waals surface area contributed by atoms with Crippen molar-refractivity contribution in [1.29, 1.82) is 0 Å². The van der Waals surface area contributed by atoms with Crippen LogP contribution in [0.25, 0.3) is 10.9 Å². The van der Waals surface area contributed by atoms with Gasteiger partial charge in [0, 0.05) is 31.4 Å². The van der Waals surface area contributed by atoms with Gasteiger partial charge in [0.2, 0.25) is 5.43 Å². The van der Waals surface area contributed by atoms with Crippen molar-refractivity contribution in [2.45, 2.75) is 37.8 Å². The third kappa shape index (κ3) is 3.63. The van der Waals surface area contributed by atoms with Crippen LogP contribution in [-0.4, -0.2) is 99.8 Å². The molecule has 3 fully saturated rings. The van der Waals surface area contributed by atoms with E-state index in [2.05, 4.69) is 5.32 Å². The summed E-state index contributed by atoms with van der Waals surface area (Å²) in [5.74, 6) is -1.07. The topological polar surface area (TPSA) is 83.8 Å². The van der Waals surface area contributed by atoms with Crippen LogP contribution in [-0.2, 0) is 0 Å². The van der Waals surface area contributed by atoms with Crippen molar-refractivity contribution in [3.8, 4) is 5.75 Å². The van der Waals surface area contributed by atoms with Gasteiger partial charge in [-0.15, -0.1) is 0 Å². The van der Waals surface area contributed by atoms with E-state index in [1.165, 1.54) is 19.4 Å². The first-order valence-electron chi connectivity index (χ1n) is 10.2. The van der Waals surface area contributed by atoms with Crippen LogP contribution in [0.15, 0.2) is 17.1 Å². The molecule has 30 heavy (non-hydrogen) atoms. The molecule has 156 valence electrons. The number of hydrogen-bond donors (Lipinski definition) is 2. The fourth-order valence-corrected chi connectivity index (χ4v) is 4.95. The van der Waals surface area contributed by atoms with Gasteiger partial charge in [-0.25, -0.2) is 9.18 Å². The van der Waals surface area contributed by atoms with Gasteiger partial charge in [-0.1, -0.05) is 0 Å². The number of benzene rings is 1. The summed E-state index contributed by atoms with van der Waals surface area (Å²) in [5.41, 5.74) is -0.155. The van der Waals surface area contributed by atoms with E-state index in [4.69, 9.17) is 4.74 Å². The van der Waals surface area contributed by atoms with Crippen LogP contribution < -0.4 is 20.4 Å². The number of fused-ring (bicyclic) bond motifs is 2. The molecule has 2 atom stereocenters. The van der Waals surface area contributed by atoms with Crippen LogP contribution in [0.4, 0.5) is 10.1 Å². The van der Waals surface area contributed by atoms with E-state index < -0.39 is 17.2 Å². The Morgan fingerprint density at radius 2 is 2.07 bits per heavy atom. The second-order valence-corrected chi connectivity index (χ2v) is 8.32. The van der Waals surface area contributed by atoms with Gasteiger partial charge in [-0.05, 0) is 44.2 Å². The van der Waals surface area contributed by atoms with Crippen LogP contribution in [0.2, 0.25) is 0 Å². The first-order valence-corrected chi connectivity index (χ1v) is 10.2. The summed E-state index contributed by atoms with van der Waals surface area (Å²) >= 11 is 0. The molecule has 3 heterocycles. The first-order chi connectivity index (χ1) is 14.0. The van der Waals surface area contributed by atoms with Gasteiger partial charge >= 0.3 is 57.4 Å². The third-order valence-corrected chi connectivity index (χ3v) is 6.49. The van der Waals surface area contributed by atoms with Crippen molar-refractivity contribution in [1.82, 2.24) is 9.88 Å². The number of piperidine rings is 1. The molecule has 2 N–H and O–H groups in total. The number of pyridine rings is 1. The Morgan fingerprint density at radius 1 is 1.30 bits per heavy atom. The van der Waals surface area contributed by atoms with E-state index in [0.29, 0.717) is 35.5 Å². The molecule has 0 radical (unpaired) electrons. The first kappa shape index (κ1) is 22.2. The molecule has 0 bridgehead atoms. The zero-order valence-corrected chi connectivity index (χ0v) is 16.3. The number of ether oxygens (including phenoxy) is 1. The van der Waals surface area contributed by atoms with Crippen molar-refractivity contribution in [3.05, 3.63) is 33.9 Å². The predicted molar refractivity (Wildman–Crippen MR) is 114 cm³/mol. The zero-order valence-electron chi connectivity index (χ0n) is 16.3. The molecule has 0 spiro atoms. The Balaban J connectivity index is 0.00000218. The maximum atomic E-state index is 15.3. The molecular formula is C21H25FKN3O4. The Labute approximate surface area is 216 Å². The van der Waals surface area contributed by atoms with E-state index in [1.54, 1.807) is 4.57 Å². The summed E-state index contributed by atoms with van der Waals surface area (Å²) in [6.07, 6.45) is 5.40. The molecule has 2 saturated heterocycles. The maximum absolute atomic E-state index is 15.3. The van der Waals surface area contributed by atoms with Gasteiger partial charge < -0.3 is 24.6 Å². The molecule has 0 amide bonds. The number of rotatable bonds is 4. The minimum absolute atomic E-state index is 0. The number of carbonyl (C=O) groups is 1. The molecule has 0 unspecified atom stereocenters. The third-order valence-electron chi connectivity index (χ3n) is 6.49. The fraction of sp³-hybridized carbons (Fsp3) is 0.524. The van der Waals surface area contributed by atoms with E-state index in [9.17, 15) is 14.7 Å². The molecule has 1 aromatic carbocycles. The molecule has 7 nitrogen and oxygen atoms in total. The Kier molecular flexibility index (Phi) is 6.31. The van der Waals surface area contributed by atoms with E-state index in [-0.39, 0.29) is 68.4 Å². The number of halogens is 1. The predicted octanol–water partition coefficient (Wildman–Crippen LogP) is 1.72. The molecule has 1 saturated carbocycles. The summed E-state index contributed by atoms with van der Waals surface area (Å²) in [7, 11) is 1.48. The van der Waals surface area contributed by atoms with Crippen molar-refractivity contribution in [2.24, 2.45) is 5.92 Å². The average molecular weight is 442 g/mol. The molecule has 1 aromatic heterocycles. The van der Waals surface area contributed by atoms with Crippen LogP contribution >= 0.6 is 0 Å². The summed E-state index contributed by atoms with van der Waals surface area (Å²) in [4.78, 5) is 26.4. The molecular weight excluding hydrogens is 416 g/mol. The number of methoxy groups -OCH3 is 1. The molecule has 3 aliphatic rings. The van der Waals surface area contributed by atoms with Crippen LogP contribution in [0.1, 0.15) is 42.1 Å². The quantitative estimate of drug-likeness (QED) is 0.703. The normalized spacial score (nSPS) is 23.2. The zero-order chi connectivity index (χ0) is 20.3. The number of carboxylic acid groups (broad SMARTS) is 1. The second-order valence-electron chi connectivity index (χ2n) is 8.32. The van der Waals surface area contributed by atoms with Gasteiger partial charge in [0.15, 0.2) is 11.6 Å². The molecule has 2 aromatic rings. The van der Waals surface area contributed by atoms with Crippen LogP contribution in [0, 0.1) is 11.7 Å². The Morgan fingerprint density at radius 3 is 2.70 bits per heavy atom. The van der Waals surface area contributed by atoms with Gasteiger partial charge in [0.05, 0.1) is 18.0 Å². The van der Waals surface area contributed by atoms with Crippen molar-refractivity contribution in [3.63, 3.8) is 0 Å². The number of carboxylic acids is 1. The van der Waals surface area contributed by atoms with Gasteiger partial charge in [0.25, 0.3) is 0 Å². The van der Waals surface area contributed by atoms with Crippen molar-refractivity contribution < 1.29 is 19.0 Å². The van der Waals surface area contributed by atoms with Gasteiger partial charge in [-0.3, -0.25) is 4.79 Å². The van der Waals surface area contributed by atoms with Crippen molar-refractivity contribution >= 4 is 73.9 Å². The molecule has 5 rings (SSSR count). The molecule has 2 aliphatic heterocycles. The number of aromatic carboxylic acids is 1. The second kappa shape index (κ2) is 8.52.